The molecule has 1 aliphatic heterocycles. The molecule has 0 unspecified atom stereocenters. The van der Waals surface area contributed by atoms with Crippen LogP contribution in [0.15, 0.2) is 18.2 Å². The zero-order chi connectivity index (χ0) is 9.97. The van der Waals surface area contributed by atoms with E-state index in [4.69, 9.17) is 4.74 Å². The van der Waals surface area contributed by atoms with Crippen molar-refractivity contribution in [3.8, 4) is 5.75 Å². The highest BCUT2D eigenvalue weighted by atomic mass is 32.2. The summed E-state index contributed by atoms with van der Waals surface area (Å²) >= 11 is 1.56. The van der Waals surface area contributed by atoms with Crippen LogP contribution in [0.3, 0.4) is 0 Å². The van der Waals surface area contributed by atoms with Crippen molar-refractivity contribution in [3.05, 3.63) is 29.3 Å². The van der Waals surface area contributed by atoms with Crippen molar-refractivity contribution >= 4 is 17.5 Å². The molecule has 2 rings (SSSR count). The molecule has 0 fully saturated rings. The maximum absolute atomic E-state index is 11.6. The number of rotatable bonds is 3. The number of carbonyl (C=O) groups is 1. The number of fused-ring (bicyclic) bond motifs is 1. The third-order valence-corrected chi connectivity index (χ3v) is 2.84. The highest BCUT2D eigenvalue weighted by molar-refractivity contribution is 7.99. The van der Waals surface area contributed by atoms with Gasteiger partial charge in [-0.3, -0.25) is 4.79 Å². The zero-order valence-corrected chi connectivity index (χ0v) is 8.89. The molecule has 0 aromatic heterocycles. The lowest BCUT2D eigenvalue weighted by Gasteiger charge is -2.02. The molecule has 3 heteroatoms. The molecular weight excluding hydrogens is 196 g/mol. The summed E-state index contributed by atoms with van der Waals surface area (Å²) in [4.78, 5) is 11.6. The molecule has 0 saturated heterocycles. The molecule has 0 amide bonds. The molecule has 0 aliphatic carbocycles. The van der Waals surface area contributed by atoms with Gasteiger partial charge in [0.1, 0.15) is 5.75 Å². The molecule has 0 N–H and O–H groups in total. The van der Waals surface area contributed by atoms with Gasteiger partial charge in [0.15, 0.2) is 5.78 Å². The molecule has 0 bridgehead atoms. The van der Waals surface area contributed by atoms with Crippen molar-refractivity contribution in [1.82, 2.24) is 0 Å². The van der Waals surface area contributed by atoms with Crippen molar-refractivity contribution in [1.29, 1.82) is 0 Å². The number of carbonyl (C=O) groups excluding carboxylic acids is 1. The Hall–Kier alpha value is -0.960. The molecule has 1 heterocycles. The topological polar surface area (TPSA) is 26.3 Å². The number of ether oxygens (including phenoxy) is 1. The standard InChI is InChI=1S/C11H12O2S/c1-14-7-10(12)8-2-3-11-9(6-8)4-5-13-11/h2-3,6H,4-5,7H2,1H3. The number of benzene rings is 1. The van der Waals surface area contributed by atoms with Crippen LogP contribution in [0.5, 0.6) is 5.75 Å². The Labute approximate surface area is 87.6 Å². The van der Waals surface area contributed by atoms with E-state index < -0.39 is 0 Å². The number of hydrogen-bond donors (Lipinski definition) is 0. The minimum atomic E-state index is 0.201. The van der Waals surface area contributed by atoms with Crippen molar-refractivity contribution < 1.29 is 9.53 Å². The van der Waals surface area contributed by atoms with E-state index in [1.165, 1.54) is 0 Å². The Morgan fingerprint density at radius 2 is 2.43 bits per heavy atom. The predicted molar refractivity (Wildman–Crippen MR) is 58.4 cm³/mol. The summed E-state index contributed by atoms with van der Waals surface area (Å²) in [7, 11) is 0. The molecule has 0 spiro atoms. The van der Waals surface area contributed by atoms with E-state index in [9.17, 15) is 4.79 Å². The average Bonchev–Trinajstić information content (AvgIpc) is 2.64. The van der Waals surface area contributed by atoms with Gasteiger partial charge in [0.25, 0.3) is 0 Å². The van der Waals surface area contributed by atoms with E-state index in [-0.39, 0.29) is 5.78 Å². The molecule has 0 radical (unpaired) electrons. The first-order valence-corrected chi connectivity index (χ1v) is 5.98. The van der Waals surface area contributed by atoms with E-state index in [0.29, 0.717) is 5.75 Å². The molecule has 2 nitrogen and oxygen atoms in total. The molecular formula is C11H12O2S. The third-order valence-electron chi connectivity index (χ3n) is 2.29. The Bertz CT molecular complexity index is 360. The van der Waals surface area contributed by atoms with Crippen LogP contribution in [0.1, 0.15) is 15.9 Å². The van der Waals surface area contributed by atoms with E-state index in [2.05, 4.69) is 0 Å². The summed E-state index contributed by atoms with van der Waals surface area (Å²) in [5.74, 6) is 1.69. The average molecular weight is 208 g/mol. The minimum absolute atomic E-state index is 0.201. The first-order chi connectivity index (χ1) is 6.81. The van der Waals surface area contributed by atoms with Crippen LogP contribution in [0, 0.1) is 0 Å². The number of ketones is 1. The summed E-state index contributed by atoms with van der Waals surface area (Å²) in [6.45, 7) is 0.746. The maximum Gasteiger partial charge on any atom is 0.172 e. The fourth-order valence-electron chi connectivity index (χ4n) is 1.57. The number of hydrogen-bond acceptors (Lipinski definition) is 3. The summed E-state index contributed by atoms with van der Waals surface area (Å²) in [6.07, 6.45) is 2.87. The van der Waals surface area contributed by atoms with E-state index in [0.717, 1.165) is 29.9 Å². The number of thioether (sulfide) groups is 1. The molecule has 0 atom stereocenters. The molecule has 1 aromatic rings. The summed E-state index contributed by atoms with van der Waals surface area (Å²) in [5.41, 5.74) is 1.97. The van der Waals surface area contributed by atoms with Crippen LogP contribution >= 0.6 is 11.8 Å². The van der Waals surface area contributed by atoms with Gasteiger partial charge >= 0.3 is 0 Å². The smallest absolute Gasteiger partial charge is 0.172 e. The summed E-state index contributed by atoms with van der Waals surface area (Å²) in [5, 5.41) is 0. The largest absolute Gasteiger partial charge is 0.493 e. The Kier molecular flexibility index (Phi) is 2.77. The lowest BCUT2D eigenvalue weighted by molar-refractivity contribution is 0.102. The van der Waals surface area contributed by atoms with Gasteiger partial charge < -0.3 is 4.74 Å². The molecule has 1 aromatic carbocycles. The Morgan fingerprint density at radius 1 is 1.57 bits per heavy atom. The number of Topliss-reactive ketones (excluding diaryl/α,β-unsaturated/α-hetero) is 1. The van der Waals surface area contributed by atoms with Gasteiger partial charge in [-0.2, -0.15) is 11.8 Å². The van der Waals surface area contributed by atoms with Gasteiger partial charge in [-0.25, -0.2) is 0 Å². The molecule has 0 saturated carbocycles. The van der Waals surface area contributed by atoms with Gasteiger partial charge in [0.05, 0.1) is 12.4 Å². The molecule has 74 valence electrons. The summed E-state index contributed by atoms with van der Waals surface area (Å²) in [6, 6.07) is 5.71. The van der Waals surface area contributed by atoms with Gasteiger partial charge in [0.2, 0.25) is 0 Å². The fraction of sp³-hybridized carbons (Fsp3) is 0.364. The quantitative estimate of drug-likeness (QED) is 0.712. The van der Waals surface area contributed by atoms with E-state index in [1.807, 2.05) is 24.5 Å². The maximum atomic E-state index is 11.6. The SMILES string of the molecule is CSCC(=O)c1ccc2c(c1)CCO2. The second-order valence-electron chi connectivity index (χ2n) is 3.28. The summed E-state index contributed by atoms with van der Waals surface area (Å²) < 4.78 is 5.38. The van der Waals surface area contributed by atoms with Crippen molar-refractivity contribution in [2.24, 2.45) is 0 Å². The minimum Gasteiger partial charge on any atom is -0.493 e. The van der Waals surface area contributed by atoms with Crippen LogP contribution in [-0.2, 0) is 6.42 Å². The van der Waals surface area contributed by atoms with Gasteiger partial charge in [-0.05, 0) is 30.0 Å². The van der Waals surface area contributed by atoms with Crippen molar-refractivity contribution in [2.45, 2.75) is 6.42 Å². The normalized spacial score (nSPS) is 13.5. The Balaban J connectivity index is 2.24. The predicted octanol–water partition coefficient (Wildman–Crippen LogP) is 2.17. The van der Waals surface area contributed by atoms with E-state index in [1.54, 1.807) is 11.8 Å². The molecule has 1 aliphatic rings. The van der Waals surface area contributed by atoms with E-state index >= 15 is 0 Å². The highest BCUT2D eigenvalue weighted by Crippen LogP contribution is 2.26. The Morgan fingerprint density at radius 3 is 3.21 bits per heavy atom. The van der Waals surface area contributed by atoms with Crippen LogP contribution in [0.25, 0.3) is 0 Å². The van der Waals surface area contributed by atoms with Crippen LogP contribution in [0.2, 0.25) is 0 Å². The first-order valence-electron chi connectivity index (χ1n) is 4.59. The second kappa shape index (κ2) is 4.05. The van der Waals surface area contributed by atoms with Crippen LogP contribution in [-0.4, -0.2) is 24.4 Å². The highest BCUT2D eigenvalue weighted by Gasteiger charge is 2.14. The van der Waals surface area contributed by atoms with Crippen molar-refractivity contribution in [3.63, 3.8) is 0 Å². The van der Waals surface area contributed by atoms with Gasteiger partial charge in [-0.15, -0.1) is 0 Å². The second-order valence-corrected chi connectivity index (χ2v) is 4.14. The lowest BCUT2D eigenvalue weighted by Crippen LogP contribution is -2.02. The van der Waals surface area contributed by atoms with Crippen molar-refractivity contribution in [2.75, 3.05) is 18.6 Å². The zero-order valence-electron chi connectivity index (χ0n) is 8.08. The monoisotopic (exact) mass is 208 g/mol. The van der Waals surface area contributed by atoms with Gasteiger partial charge in [0, 0.05) is 12.0 Å². The first kappa shape index (κ1) is 9.59. The third kappa shape index (κ3) is 1.77. The van der Waals surface area contributed by atoms with Gasteiger partial charge in [-0.1, -0.05) is 0 Å². The van der Waals surface area contributed by atoms with Crippen LogP contribution < -0.4 is 4.74 Å². The fourth-order valence-corrected chi connectivity index (χ4v) is 2.00. The van der Waals surface area contributed by atoms with Crippen LogP contribution in [0.4, 0.5) is 0 Å². The molecule has 14 heavy (non-hydrogen) atoms. The lowest BCUT2D eigenvalue weighted by atomic mass is 10.1.